The third kappa shape index (κ3) is 3.43. The zero-order valence-corrected chi connectivity index (χ0v) is 13.5. The first-order valence-electron chi connectivity index (χ1n) is 7.16. The van der Waals surface area contributed by atoms with Crippen molar-refractivity contribution in [2.45, 2.75) is 11.7 Å². The molecule has 1 amide bonds. The van der Waals surface area contributed by atoms with Gasteiger partial charge in [-0.25, -0.2) is 0 Å². The van der Waals surface area contributed by atoms with Crippen molar-refractivity contribution < 1.29 is 4.79 Å². The number of nitrogens with zero attached hydrogens (tertiary/aromatic N) is 3. The number of hydrogen-bond acceptors (Lipinski definition) is 4. The normalized spacial score (nSPS) is 10.5. The summed E-state index contributed by atoms with van der Waals surface area (Å²) in [6.45, 7) is 0.316. The van der Waals surface area contributed by atoms with Gasteiger partial charge in [0.15, 0.2) is 11.0 Å². The molecule has 5 nitrogen and oxygen atoms in total. The molecule has 0 aliphatic carbocycles. The molecule has 0 aliphatic rings. The minimum atomic E-state index is -0.126. The Morgan fingerprint density at radius 2 is 1.70 bits per heavy atom. The highest BCUT2D eigenvalue weighted by molar-refractivity contribution is 7.98. The first-order valence-corrected chi connectivity index (χ1v) is 8.39. The summed E-state index contributed by atoms with van der Waals surface area (Å²) in [5.74, 6) is 0.573. The monoisotopic (exact) mass is 324 g/mol. The number of rotatable bonds is 5. The van der Waals surface area contributed by atoms with E-state index in [0.29, 0.717) is 17.9 Å². The number of nitrogens with one attached hydrogen (secondary N) is 1. The molecule has 1 N–H and O–H groups in total. The van der Waals surface area contributed by atoms with Crippen molar-refractivity contribution >= 4 is 17.7 Å². The van der Waals surface area contributed by atoms with E-state index in [4.69, 9.17) is 0 Å². The number of amides is 1. The van der Waals surface area contributed by atoms with Crippen molar-refractivity contribution in [2.75, 3.05) is 6.26 Å². The van der Waals surface area contributed by atoms with Crippen LogP contribution in [-0.2, 0) is 6.54 Å². The first-order chi connectivity index (χ1) is 11.3. The Bertz CT molecular complexity index is 787. The Labute approximate surface area is 138 Å². The van der Waals surface area contributed by atoms with Gasteiger partial charge in [-0.1, -0.05) is 48.2 Å². The van der Waals surface area contributed by atoms with E-state index in [1.807, 2.05) is 59.4 Å². The van der Waals surface area contributed by atoms with Gasteiger partial charge >= 0.3 is 0 Å². The fourth-order valence-electron chi connectivity index (χ4n) is 2.23. The van der Waals surface area contributed by atoms with Crippen LogP contribution in [-0.4, -0.2) is 26.9 Å². The van der Waals surface area contributed by atoms with Gasteiger partial charge in [-0.15, -0.1) is 10.2 Å². The fraction of sp³-hybridized carbons (Fsp3) is 0.118. The van der Waals surface area contributed by atoms with Gasteiger partial charge in [0, 0.05) is 11.3 Å². The van der Waals surface area contributed by atoms with Crippen molar-refractivity contribution in [1.29, 1.82) is 0 Å². The third-order valence-electron chi connectivity index (χ3n) is 3.34. The topological polar surface area (TPSA) is 59.8 Å². The highest BCUT2D eigenvalue weighted by atomic mass is 32.2. The minimum Gasteiger partial charge on any atom is -0.345 e. The summed E-state index contributed by atoms with van der Waals surface area (Å²) in [6.07, 6.45) is 1.95. The molecule has 0 unspecified atom stereocenters. The van der Waals surface area contributed by atoms with Crippen LogP contribution in [0.1, 0.15) is 16.2 Å². The van der Waals surface area contributed by atoms with Crippen LogP contribution in [0.5, 0.6) is 0 Å². The van der Waals surface area contributed by atoms with Crippen LogP contribution in [0.15, 0.2) is 65.8 Å². The SMILES string of the molecule is CSc1nnc(CNC(=O)c2ccccc2)n1-c1ccccc1. The van der Waals surface area contributed by atoms with Crippen LogP contribution in [0.25, 0.3) is 5.69 Å². The Balaban J connectivity index is 1.81. The molecular formula is C17H16N4OS. The Morgan fingerprint density at radius 1 is 1.04 bits per heavy atom. The molecule has 0 atom stereocenters. The molecule has 3 aromatic rings. The maximum absolute atomic E-state index is 12.2. The van der Waals surface area contributed by atoms with Gasteiger partial charge < -0.3 is 5.32 Å². The molecule has 0 saturated carbocycles. The summed E-state index contributed by atoms with van der Waals surface area (Å²) in [6, 6.07) is 19.0. The maximum atomic E-state index is 12.2. The highest BCUT2D eigenvalue weighted by Crippen LogP contribution is 2.19. The number of benzene rings is 2. The fourth-order valence-corrected chi connectivity index (χ4v) is 2.75. The van der Waals surface area contributed by atoms with E-state index in [-0.39, 0.29) is 5.91 Å². The van der Waals surface area contributed by atoms with Crippen molar-refractivity contribution in [2.24, 2.45) is 0 Å². The van der Waals surface area contributed by atoms with Gasteiger partial charge in [0.1, 0.15) is 0 Å². The maximum Gasteiger partial charge on any atom is 0.251 e. The molecule has 116 valence electrons. The number of aromatic nitrogens is 3. The van der Waals surface area contributed by atoms with Crippen molar-refractivity contribution in [1.82, 2.24) is 20.1 Å². The zero-order chi connectivity index (χ0) is 16.1. The molecule has 0 saturated heterocycles. The number of carbonyl (C=O) groups excluding carboxylic acids is 1. The van der Waals surface area contributed by atoms with E-state index in [1.54, 1.807) is 12.1 Å². The van der Waals surface area contributed by atoms with E-state index in [9.17, 15) is 4.79 Å². The lowest BCUT2D eigenvalue weighted by Crippen LogP contribution is -2.24. The van der Waals surface area contributed by atoms with E-state index in [1.165, 1.54) is 11.8 Å². The van der Waals surface area contributed by atoms with E-state index in [0.717, 1.165) is 10.8 Å². The van der Waals surface area contributed by atoms with Crippen molar-refractivity contribution in [3.8, 4) is 5.69 Å². The van der Waals surface area contributed by atoms with E-state index < -0.39 is 0 Å². The predicted molar refractivity (Wildman–Crippen MR) is 90.8 cm³/mol. The highest BCUT2D eigenvalue weighted by Gasteiger charge is 2.14. The van der Waals surface area contributed by atoms with Gasteiger partial charge in [-0.3, -0.25) is 9.36 Å². The molecule has 0 fully saturated rings. The van der Waals surface area contributed by atoms with Crippen LogP contribution in [0, 0.1) is 0 Å². The van der Waals surface area contributed by atoms with Crippen LogP contribution >= 0.6 is 11.8 Å². The molecule has 0 radical (unpaired) electrons. The molecule has 3 rings (SSSR count). The second kappa shape index (κ2) is 7.11. The molecule has 2 aromatic carbocycles. The number of carbonyl (C=O) groups is 1. The van der Waals surface area contributed by atoms with Crippen LogP contribution < -0.4 is 5.32 Å². The molecule has 1 aromatic heterocycles. The van der Waals surface area contributed by atoms with Crippen molar-refractivity contribution in [3.05, 3.63) is 72.1 Å². The van der Waals surface area contributed by atoms with Crippen LogP contribution in [0.4, 0.5) is 0 Å². The smallest absolute Gasteiger partial charge is 0.251 e. The molecule has 1 heterocycles. The second-order valence-corrected chi connectivity index (χ2v) is 5.60. The number of para-hydroxylation sites is 1. The quantitative estimate of drug-likeness (QED) is 0.733. The first kappa shape index (κ1) is 15.3. The predicted octanol–water partition coefficient (Wildman–Crippen LogP) is 2.92. The Morgan fingerprint density at radius 3 is 2.35 bits per heavy atom. The standard InChI is InChI=1S/C17H16N4OS/c1-23-17-20-19-15(21(17)14-10-6-3-7-11-14)12-18-16(22)13-8-4-2-5-9-13/h2-11H,12H2,1H3,(H,18,22). The summed E-state index contributed by atoms with van der Waals surface area (Å²) in [5.41, 5.74) is 1.61. The summed E-state index contributed by atoms with van der Waals surface area (Å²) >= 11 is 1.52. The molecule has 23 heavy (non-hydrogen) atoms. The lowest BCUT2D eigenvalue weighted by Gasteiger charge is -2.10. The second-order valence-electron chi connectivity index (χ2n) is 4.82. The lowest BCUT2D eigenvalue weighted by atomic mass is 10.2. The van der Waals surface area contributed by atoms with Gasteiger partial charge in [-0.2, -0.15) is 0 Å². The molecule has 6 heteroatoms. The molecule has 0 aliphatic heterocycles. The summed E-state index contributed by atoms with van der Waals surface area (Å²) < 4.78 is 1.95. The summed E-state index contributed by atoms with van der Waals surface area (Å²) in [5, 5.41) is 12.1. The average molecular weight is 324 g/mol. The minimum absolute atomic E-state index is 0.126. The zero-order valence-electron chi connectivity index (χ0n) is 12.6. The largest absolute Gasteiger partial charge is 0.345 e. The molecular weight excluding hydrogens is 308 g/mol. The van der Waals surface area contributed by atoms with E-state index >= 15 is 0 Å². The van der Waals surface area contributed by atoms with Gasteiger partial charge in [0.2, 0.25) is 0 Å². The van der Waals surface area contributed by atoms with E-state index in [2.05, 4.69) is 15.5 Å². The third-order valence-corrected chi connectivity index (χ3v) is 3.97. The van der Waals surface area contributed by atoms with Crippen molar-refractivity contribution in [3.63, 3.8) is 0 Å². The number of thioether (sulfide) groups is 1. The van der Waals surface area contributed by atoms with Gasteiger partial charge in [0.25, 0.3) is 5.91 Å². The Hall–Kier alpha value is -2.60. The summed E-state index contributed by atoms with van der Waals surface area (Å²) in [7, 11) is 0. The molecule has 0 spiro atoms. The number of hydrogen-bond donors (Lipinski definition) is 1. The summed E-state index contributed by atoms with van der Waals surface area (Å²) in [4.78, 5) is 12.2. The Kier molecular flexibility index (Phi) is 4.73. The molecule has 0 bridgehead atoms. The van der Waals surface area contributed by atoms with Crippen LogP contribution in [0.2, 0.25) is 0 Å². The van der Waals surface area contributed by atoms with Crippen LogP contribution in [0.3, 0.4) is 0 Å². The average Bonchev–Trinajstić information content (AvgIpc) is 3.04. The lowest BCUT2D eigenvalue weighted by molar-refractivity contribution is 0.0949. The van der Waals surface area contributed by atoms with Gasteiger partial charge in [0.05, 0.1) is 6.54 Å². The van der Waals surface area contributed by atoms with Gasteiger partial charge in [-0.05, 0) is 30.5 Å².